The average molecular weight is 548 g/mol. The number of fused-ring (bicyclic) bond motifs is 1. The smallest absolute Gasteiger partial charge is 0.412 e. The van der Waals surface area contributed by atoms with Crippen molar-refractivity contribution in [1.82, 2.24) is 15.6 Å². The van der Waals surface area contributed by atoms with Gasteiger partial charge in [-0.05, 0) is 54.1 Å². The van der Waals surface area contributed by atoms with Gasteiger partial charge >= 0.3 is 6.09 Å². The minimum atomic E-state index is -0.796. The van der Waals surface area contributed by atoms with Crippen LogP contribution < -0.4 is 27.4 Å². The number of rotatable bonds is 12. The highest BCUT2D eigenvalue weighted by Gasteiger charge is 2.16. The normalized spacial score (nSPS) is 11.6. The van der Waals surface area contributed by atoms with Crippen molar-refractivity contribution in [1.29, 1.82) is 0 Å². The zero-order chi connectivity index (χ0) is 27.5. The predicted octanol–water partition coefficient (Wildman–Crippen LogP) is 3.04. The molecule has 7 N–H and O–H groups in total. The number of carbonyl (C=O) groups excluding carboxylic acids is 2. The minimum Gasteiger partial charge on any atom is -0.447 e. The zero-order valence-corrected chi connectivity index (χ0v) is 21.1. The van der Waals surface area contributed by atoms with Gasteiger partial charge in [-0.3, -0.25) is 15.1 Å². The fraction of sp³-hybridized carbons (Fsp3) is 0.280. The number of pyridine rings is 1. The molecule has 1 heterocycles. The molecule has 202 valence electrons. The molecule has 0 aliphatic carbocycles. The Morgan fingerprint density at radius 1 is 1.13 bits per heavy atom. The van der Waals surface area contributed by atoms with E-state index in [9.17, 15) is 18.4 Å². The molecule has 0 aliphatic heterocycles. The molecule has 3 aromatic rings. The second-order valence-electron chi connectivity index (χ2n) is 8.31. The molecule has 0 unspecified atom stereocenters. The number of nitrogens with one attached hydrogen (secondary N) is 3. The number of hydrogen-bond acceptors (Lipinski definition) is 6. The molecule has 10 nitrogen and oxygen atoms in total. The number of hydrogen-bond donors (Lipinski definition) is 5. The van der Waals surface area contributed by atoms with Crippen LogP contribution in [0.4, 0.5) is 19.4 Å². The van der Waals surface area contributed by atoms with Crippen molar-refractivity contribution in [2.75, 3.05) is 25.0 Å². The molecule has 0 aliphatic rings. The molecule has 0 saturated heterocycles. The van der Waals surface area contributed by atoms with E-state index >= 15 is 0 Å². The zero-order valence-electron chi connectivity index (χ0n) is 20.3. The van der Waals surface area contributed by atoms with Crippen LogP contribution in [0.15, 0.2) is 53.7 Å². The highest BCUT2D eigenvalue weighted by Crippen LogP contribution is 2.19. The second-order valence-corrected chi connectivity index (χ2v) is 8.69. The van der Waals surface area contributed by atoms with Crippen LogP contribution in [0.2, 0.25) is 5.02 Å². The van der Waals surface area contributed by atoms with Crippen LogP contribution in [0.1, 0.15) is 18.4 Å². The highest BCUT2D eigenvalue weighted by molar-refractivity contribution is 6.31. The summed E-state index contributed by atoms with van der Waals surface area (Å²) >= 11 is 5.93. The van der Waals surface area contributed by atoms with Crippen molar-refractivity contribution < 1.29 is 23.1 Å². The minimum absolute atomic E-state index is 0.0107. The van der Waals surface area contributed by atoms with Crippen LogP contribution in [0, 0.1) is 11.6 Å². The molecular formula is C25H28ClF2N7O3. The van der Waals surface area contributed by atoms with Crippen molar-refractivity contribution in [2.45, 2.75) is 25.4 Å². The molecule has 0 spiro atoms. The molecule has 0 bridgehead atoms. The third kappa shape index (κ3) is 9.12. The number of nitrogens with two attached hydrogens (primary N) is 2. The fourth-order valence-electron chi connectivity index (χ4n) is 3.51. The molecule has 13 heteroatoms. The Hall–Kier alpha value is -4.03. The van der Waals surface area contributed by atoms with Crippen LogP contribution in [0.25, 0.3) is 10.8 Å². The maximum absolute atomic E-state index is 13.6. The lowest BCUT2D eigenvalue weighted by Gasteiger charge is -2.19. The van der Waals surface area contributed by atoms with Gasteiger partial charge in [0.15, 0.2) is 5.96 Å². The number of guanidine groups is 1. The predicted molar refractivity (Wildman–Crippen MR) is 142 cm³/mol. The summed E-state index contributed by atoms with van der Waals surface area (Å²) < 4.78 is 32.4. The first-order valence-electron chi connectivity index (χ1n) is 11.7. The lowest BCUT2D eigenvalue weighted by atomic mass is 10.1. The van der Waals surface area contributed by atoms with Gasteiger partial charge in [0.1, 0.15) is 24.1 Å². The van der Waals surface area contributed by atoms with Crippen molar-refractivity contribution >= 4 is 46.2 Å². The van der Waals surface area contributed by atoms with Crippen molar-refractivity contribution in [2.24, 2.45) is 16.5 Å². The highest BCUT2D eigenvalue weighted by atomic mass is 35.5. The van der Waals surface area contributed by atoms with E-state index in [1.54, 1.807) is 12.1 Å². The number of aromatic nitrogens is 1. The van der Waals surface area contributed by atoms with Crippen molar-refractivity contribution in [3.05, 3.63) is 70.9 Å². The SMILES string of the molecule is NC(N)=NCCC[C@@H](COC(=O)Nc1cc2cc(F)ccc2cn1)NC(=O)CNCc1cccc(F)c1Cl. The number of amides is 2. The standard InChI is InChI=1S/C25H28ClF2N7O3/c26-23-16(3-1-5-20(23)28)11-31-13-22(36)34-19(4-2-8-32-24(29)30)14-38-25(37)35-21-10-17-9-18(27)7-6-15(17)12-33-21/h1,3,5-7,9-10,12,19,31H,2,4,8,11,13-14H2,(H,34,36)(H4,29,30,32)(H,33,35,37)/t19-/m0/s1. The van der Waals surface area contributed by atoms with Crippen molar-refractivity contribution in [3.8, 4) is 0 Å². The van der Waals surface area contributed by atoms with Crippen LogP contribution in [-0.4, -0.2) is 48.7 Å². The molecule has 0 saturated carbocycles. The molecule has 1 aromatic heterocycles. The first-order chi connectivity index (χ1) is 18.2. The van der Waals surface area contributed by atoms with Gasteiger partial charge in [0, 0.05) is 24.7 Å². The Morgan fingerprint density at radius 2 is 1.95 bits per heavy atom. The summed E-state index contributed by atoms with van der Waals surface area (Å²) in [5.41, 5.74) is 11.2. The van der Waals surface area contributed by atoms with Gasteiger partial charge in [-0.25, -0.2) is 18.6 Å². The molecular weight excluding hydrogens is 520 g/mol. The summed E-state index contributed by atoms with van der Waals surface area (Å²) in [4.78, 5) is 32.8. The van der Waals surface area contributed by atoms with E-state index < -0.39 is 23.8 Å². The number of anilines is 1. The number of halogens is 3. The Labute approximate surface area is 222 Å². The van der Waals surface area contributed by atoms with Gasteiger partial charge in [-0.2, -0.15) is 0 Å². The van der Waals surface area contributed by atoms with E-state index in [-0.39, 0.29) is 42.4 Å². The summed E-state index contributed by atoms with van der Waals surface area (Å²) in [7, 11) is 0. The third-order valence-electron chi connectivity index (χ3n) is 5.33. The number of ether oxygens (including phenoxy) is 1. The average Bonchev–Trinajstić information content (AvgIpc) is 2.87. The van der Waals surface area contributed by atoms with E-state index in [2.05, 4.69) is 25.9 Å². The second kappa shape index (κ2) is 14.1. The first kappa shape index (κ1) is 28.5. The maximum atomic E-state index is 13.6. The molecule has 2 amide bonds. The van der Waals surface area contributed by atoms with Gasteiger partial charge in [0.2, 0.25) is 5.91 Å². The van der Waals surface area contributed by atoms with E-state index in [1.807, 2.05) is 0 Å². The van der Waals surface area contributed by atoms with Crippen LogP contribution in [0.5, 0.6) is 0 Å². The Kier molecular flexibility index (Phi) is 10.6. The quantitative estimate of drug-likeness (QED) is 0.132. The monoisotopic (exact) mass is 547 g/mol. The van der Waals surface area contributed by atoms with Crippen LogP contribution >= 0.6 is 11.6 Å². The van der Waals surface area contributed by atoms with Gasteiger partial charge in [0.25, 0.3) is 0 Å². The van der Waals surface area contributed by atoms with Gasteiger partial charge in [-0.15, -0.1) is 0 Å². The number of nitrogens with zero attached hydrogens (tertiary/aromatic N) is 2. The lowest BCUT2D eigenvalue weighted by molar-refractivity contribution is -0.121. The third-order valence-corrected chi connectivity index (χ3v) is 5.76. The molecule has 0 fully saturated rings. The van der Waals surface area contributed by atoms with Gasteiger partial charge in [0.05, 0.1) is 17.6 Å². The number of aliphatic imine (C=N–C) groups is 1. The fourth-order valence-corrected chi connectivity index (χ4v) is 3.71. The lowest BCUT2D eigenvalue weighted by Crippen LogP contribution is -2.43. The molecule has 3 rings (SSSR count). The summed E-state index contributed by atoms with van der Waals surface area (Å²) in [5, 5.41) is 9.44. The van der Waals surface area contributed by atoms with E-state index in [1.165, 1.54) is 36.5 Å². The molecule has 0 radical (unpaired) electrons. The number of benzene rings is 2. The van der Waals surface area contributed by atoms with E-state index in [0.717, 1.165) is 0 Å². The summed E-state index contributed by atoms with van der Waals surface area (Å²) in [5.74, 6) is -1.19. The number of carbonyl (C=O) groups is 2. The van der Waals surface area contributed by atoms with Gasteiger partial charge in [-0.1, -0.05) is 23.7 Å². The van der Waals surface area contributed by atoms with Crippen LogP contribution in [0.3, 0.4) is 0 Å². The topological polar surface area (TPSA) is 157 Å². The molecule has 1 atom stereocenters. The summed E-state index contributed by atoms with van der Waals surface area (Å²) in [6, 6.07) is 9.62. The largest absolute Gasteiger partial charge is 0.447 e. The van der Waals surface area contributed by atoms with Crippen molar-refractivity contribution in [3.63, 3.8) is 0 Å². The Morgan fingerprint density at radius 3 is 2.74 bits per heavy atom. The van der Waals surface area contributed by atoms with Gasteiger partial charge < -0.3 is 26.8 Å². The van der Waals surface area contributed by atoms with Crippen LogP contribution in [-0.2, 0) is 16.1 Å². The van der Waals surface area contributed by atoms with E-state index in [4.69, 9.17) is 27.8 Å². The van der Waals surface area contributed by atoms with E-state index in [0.29, 0.717) is 35.7 Å². The summed E-state index contributed by atoms with van der Waals surface area (Å²) in [6.07, 6.45) is 1.63. The molecule has 38 heavy (non-hydrogen) atoms. The maximum Gasteiger partial charge on any atom is 0.412 e. The molecule has 2 aromatic carbocycles. The Balaban J connectivity index is 1.52. The summed E-state index contributed by atoms with van der Waals surface area (Å²) in [6.45, 7) is 0.286. The first-order valence-corrected chi connectivity index (χ1v) is 12.1. The Bertz CT molecular complexity index is 1310.